The van der Waals surface area contributed by atoms with Crippen LogP contribution >= 0.6 is 23.4 Å². The van der Waals surface area contributed by atoms with E-state index in [1.165, 1.54) is 11.8 Å². The fourth-order valence-electron chi connectivity index (χ4n) is 2.94. The molecule has 1 aliphatic rings. The van der Waals surface area contributed by atoms with Crippen molar-refractivity contribution in [2.24, 2.45) is 0 Å². The maximum absolute atomic E-state index is 12.6. The van der Waals surface area contributed by atoms with E-state index in [0.717, 1.165) is 0 Å². The van der Waals surface area contributed by atoms with Gasteiger partial charge in [0.05, 0.1) is 13.0 Å². The summed E-state index contributed by atoms with van der Waals surface area (Å²) in [7, 11) is 1.57. The quantitative estimate of drug-likeness (QED) is 0.681. The normalized spacial score (nSPS) is 15.5. The van der Waals surface area contributed by atoms with Gasteiger partial charge < -0.3 is 20.3 Å². The molecule has 1 unspecified atom stereocenters. The van der Waals surface area contributed by atoms with Crippen LogP contribution in [0.4, 0.5) is 5.69 Å². The first-order valence-electron chi connectivity index (χ1n) is 9.34. The fraction of sp³-hybridized carbons (Fsp3) is 0.286. The number of benzene rings is 2. The molecule has 1 aliphatic heterocycles. The molecular weight excluding hydrogens is 426 g/mol. The monoisotopic (exact) mass is 447 g/mol. The van der Waals surface area contributed by atoms with Gasteiger partial charge in [0, 0.05) is 35.0 Å². The van der Waals surface area contributed by atoms with E-state index in [1.807, 2.05) is 0 Å². The predicted octanol–water partition coefficient (Wildman–Crippen LogP) is 3.01. The van der Waals surface area contributed by atoms with E-state index >= 15 is 0 Å². The van der Waals surface area contributed by atoms with Gasteiger partial charge in [-0.1, -0.05) is 11.6 Å². The molecule has 158 valence electrons. The van der Waals surface area contributed by atoms with Crippen molar-refractivity contribution in [3.8, 4) is 5.75 Å². The summed E-state index contributed by atoms with van der Waals surface area (Å²) in [5, 5.41) is 6.11. The molecule has 9 heteroatoms. The summed E-state index contributed by atoms with van der Waals surface area (Å²) in [4.78, 5) is 38.9. The fourth-order valence-corrected chi connectivity index (χ4v) is 4.24. The van der Waals surface area contributed by atoms with Crippen molar-refractivity contribution in [1.82, 2.24) is 10.2 Å². The summed E-state index contributed by atoms with van der Waals surface area (Å²) in [6, 6.07) is 13.0. The molecule has 0 spiro atoms. The third-order valence-electron chi connectivity index (χ3n) is 4.59. The summed E-state index contributed by atoms with van der Waals surface area (Å²) in [5.74, 6) is 0.996. The molecule has 0 bridgehead atoms. The Bertz CT molecular complexity index is 905. The first kappa shape index (κ1) is 22.0. The van der Waals surface area contributed by atoms with E-state index in [-0.39, 0.29) is 30.7 Å². The molecule has 3 rings (SSSR count). The lowest BCUT2D eigenvalue weighted by molar-refractivity contribution is -0.136. The molecule has 2 N–H and O–H groups in total. The standard InChI is InChI=1S/C21H22ClN3O4S/c1-29-17-8-6-16(7-9-17)24-21(28)18-12-30-13-25(18)19(26)10-11-23-20(27)14-2-4-15(22)5-3-14/h2-9,18H,10-13H2,1H3,(H,23,27)(H,24,28). The Balaban J connectivity index is 1.50. The van der Waals surface area contributed by atoms with Crippen LogP contribution in [-0.2, 0) is 9.59 Å². The molecule has 30 heavy (non-hydrogen) atoms. The summed E-state index contributed by atoms with van der Waals surface area (Å²) < 4.78 is 5.11. The van der Waals surface area contributed by atoms with Crippen LogP contribution in [0.15, 0.2) is 48.5 Å². The largest absolute Gasteiger partial charge is 0.497 e. The molecule has 1 atom stereocenters. The molecular formula is C21H22ClN3O4S. The van der Waals surface area contributed by atoms with Crippen LogP contribution in [0, 0.1) is 0 Å². The highest BCUT2D eigenvalue weighted by Gasteiger charge is 2.34. The van der Waals surface area contributed by atoms with E-state index in [4.69, 9.17) is 16.3 Å². The molecule has 0 aliphatic carbocycles. The Morgan fingerprint density at radius 2 is 1.83 bits per heavy atom. The van der Waals surface area contributed by atoms with Crippen molar-refractivity contribution in [2.75, 3.05) is 30.6 Å². The number of ether oxygens (including phenoxy) is 1. The number of nitrogens with zero attached hydrogens (tertiary/aromatic N) is 1. The number of thioether (sulfide) groups is 1. The Hall–Kier alpha value is -2.71. The molecule has 0 aromatic heterocycles. The molecule has 0 saturated carbocycles. The number of anilines is 1. The van der Waals surface area contributed by atoms with Gasteiger partial charge in [-0.2, -0.15) is 0 Å². The number of hydrogen-bond acceptors (Lipinski definition) is 5. The van der Waals surface area contributed by atoms with Gasteiger partial charge in [0.25, 0.3) is 5.91 Å². The van der Waals surface area contributed by atoms with Crippen LogP contribution in [0.1, 0.15) is 16.8 Å². The van der Waals surface area contributed by atoms with Crippen LogP contribution in [0.3, 0.4) is 0 Å². The molecule has 1 heterocycles. The van der Waals surface area contributed by atoms with Gasteiger partial charge in [-0.25, -0.2) is 0 Å². The van der Waals surface area contributed by atoms with E-state index in [0.29, 0.717) is 33.7 Å². The predicted molar refractivity (Wildman–Crippen MR) is 118 cm³/mol. The van der Waals surface area contributed by atoms with Crippen molar-refractivity contribution in [1.29, 1.82) is 0 Å². The van der Waals surface area contributed by atoms with Gasteiger partial charge in [-0.05, 0) is 48.5 Å². The van der Waals surface area contributed by atoms with Gasteiger partial charge in [0.15, 0.2) is 0 Å². The van der Waals surface area contributed by atoms with Crippen LogP contribution in [0.25, 0.3) is 0 Å². The third-order valence-corrected chi connectivity index (χ3v) is 5.86. The molecule has 7 nitrogen and oxygen atoms in total. The summed E-state index contributed by atoms with van der Waals surface area (Å²) in [6.45, 7) is 0.189. The number of amides is 3. The SMILES string of the molecule is COc1ccc(NC(=O)C2CSCN2C(=O)CCNC(=O)c2ccc(Cl)cc2)cc1. The van der Waals surface area contributed by atoms with Crippen LogP contribution in [0.5, 0.6) is 5.75 Å². The zero-order valence-electron chi connectivity index (χ0n) is 16.4. The number of carbonyl (C=O) groups is 3. The zero-order chi connectivity index (χ0) is 21.5. The van der Waals surface area contributed by atoms with Crippen molar-refractivity contribution in [3.05, 3.63) is 59.1 Å². The number of nitrogens with one attached hydrogen (secondary N) is 2. The highest BCUT2D eigenvalue weighted by Crippen LogP contribution is 2.23. The average molecular weight is 448 g/mol. The van der Waals surface area contributed by atoms with E-state index < -0.39 is 6.04 Å². The highest BCUT2D eigenvalue weighted by atomic mass is 35.5. The average Bonchev–Trinajstić information content (AvgIpc) is 3.25. The second-order valence-corrected chi connectivity index (χ2v) is 8.05. The van der Waals surface area contributed by atoms with Gasteiger partial charge in [-0.3, -0.25) is 14.4 Å². The van der Waals surface area contributed by atoms with Crippen LogP contribution in [0.2, 0.25) is 5.02 Å². The van der Waals surface area contributed by atoms with Gasteiger partial charge in [-0.15, -0.1) is 11.8 Å². The Morgan fingerprint density at radius 1 is 1.13 bits per heavy atom. The number of rotatable bonds is 7. The molecule has 2 aromatic rings. The smallest absolute Gasteiger partial charge is 0.251 e. The minimum absolute atomic E-state index is 0.117. The number of hydrogen-bond donors (Lipinski definition) is 2. The van der Waals surface area contributed by atoms with E-state index in [9.17, 15) is 14.4 Å². The lowest BCUT2D eigenvalue weighted by atomic mass is 10.2. The van der Waals surface area contributed by atoms with Crippen molar-refractivity contribution >= 4 is 46.8 Å². The second-order valence-electron chi connectivity index (χ2n) is 6.61. The Morgan fingerprint density at radius 3 is 2.50 bits per heavy atom. The topological polar surface area (TPSA) is 87.7 Å². The van der Waals surface area contributed by atoms with Crippen LogP contribution in [-0.4, -0.2) is 53.9 Å². The maximum Gasteiger partial charge on any atom is 0.251 e. The minimum Gasteiger partial charge on any atom is -0.497 e. The lowest BCUT2D eigenvalue weighted by Gasteiger charge is -2.23. The Kier molecular flexibility index (Phi) is 7.59. The maximum atomic E-state index is 12.6. The van der Waals surface area contributed by atoms with Crippen molar-refractivity contribution in [3.63, 3.8) is 0 Å². The van der Waals surface area contributed by atoms with Crippen molar-refractivity contribution in [2.45, 2.75) is 12.5 Å². The van der Waals surface area contributed by atoms with Crippen LogP contribution < -0.4 is 15.4 Å². The summed E-state index contributed by atoms with van der Waals surface area (Å²) >= 11 is 7.34. The molecule has 1 fully saturated rings. The first-order chi connectivity index (χ1) is 14.5. The zero-order valence-corrected chi connectivity index (χ0v) is 18.0. The van der Waals surface area contributed by atoms with E-state index in [2.05, 4.69) is 10.6 Å². The molecule has 2 aromatic carbocycles. The van der Waals surface area contributed by atoms with Gasteiger partial charge >= 0.3 is 0 Å². The molecule has 1 saturated heterocycles. The second kappa shape index (κ2) is 10.4. The summed E-state index contributed by atoms with van der Waals surface area (Å²) in [6.07, 6.45) is 0.117. The highest BCUT2D eigenvalue weighted by molar-refractivity contribution is 7.99. The lowest BCUT2D eigenvalue weighted by Crippen LogP contribution is -2.45. The van der Waals surface area contributed by atoms with Crippen molar-refractivity contribution < 1.29 is 19.1 Å². The molecule has 3 amide bonds. The number of methoxy groups -OCH3 is 1. The van der Waals surface area contributed by atoms with Gasteiger partial charge in [0.1, 0.15) is 11.8 Å². The van der Waals surface area contributed by atoms with Gasteiger partial charge in [0.2, 0.25) is 11.8 Å². The number of carbonyl (C=O) groups excluding carboxylic acids is 3. The van der Waals surface area contributed by atoms with E-state index in [1.54, 1.807) is 60.5 Å². The molecule has 0 radical (unpaired) electrons. The third kappa shape index (κ3) is 5.67. The summed E-state index contributed by atoms with van der Waals surface area (Å²) in [5.41, 5.74) is 1.11. The Labute approximate surface area is 184 Å². The minimum atomic E-state index is -0.545. The number of halogens is 1. The first-order valence-corrected chi connectivity index (χ1v) is 10.9.